The first kappa shape index (κ1) is 10.1. The van der Waals surface area contributed by atoms with Gasteiger partial charge in [-0.1, -0.05) is 0 Å². The van der Waals surface area contributed by atoms with Crippen molar-refractivity contribution in [1.29, 1.82) is 0 Å². The van der Waals surface area contributed by atoms with E-state index >= 15 is 0 Å². The van der Waals surface area contributed by atoms with Gasteiger partial charge in [0.05, 0.1) is 6.26 Å². The van der Waals surface area contributed by atoms with Gasteiger partial charge in [0.25, 0.3) is 0 Å². The quantitative estimate of drug-likeness (QED) is 0.714. The largest absolute Gasteiger partial charge is 0.434 e. The smallest absolute Gasteiger partial charge is 0.327 e. The van der Waals surface area contributed by atoms with Gasteiger partial charge < -0.3 is 10.1 Å². The molecule has 2 aliphatic heterocycles. The Morgan fingerprint density at radius 3 is 2.93 bits per heavy atom. The molecule has 0 bridgehead atoms. The molecule has 4 heteroatoms. The number of cyclic esters (lactones) is 1. The number of thioether (sulfide) groups is 1. The Morgan fingerprint density at radius 2 is 2.29 bits per heavy atom. The number of esters is 1. The third kappa shape index (κ3) is 2.51. The van der Waals surface area contributed by atoms with Crippen LogP contribution in [-0.4, -0.2) is 30.1 Å². The molecule has 2 aliphatic rings. The fourth-order valence-corrected chi connectivity index (χ4v) is 2.91. The molecule has 1 saturated heterocycles. The van der Waals surface area contributed by atoms with Gasteiger partial charge in [0.2, 0.25) is 0 Å². The number of piperidine rings is 1. The van der Waals surface area contributed by atoms with Gasteiger partial charge in [-0.3, -0.25) is 4.79 Å². The summed E-state index contributed by atoms with van der Waals surface area (Å²) in [6.45, 7) is 2.24. The van der Waals surface area contributed by atoms with Crippen molar-refractivity contribution >= 4 is 17.7 Å². The number of nitrogens with one attached hydrogen (secondary N) is 1. The Balaban J connectivity index is 1.70. The van der Waals surface area contributed by atoms with Gasteiger partial charge in [-0.2, -0.15) is 0 Å². The Bertz CT molecular complexity index is 236. The molecule has 3 nitrogen and oxygen atoms in total. The highest BCUT2D eigenvalue weighted by atomic mass is 32.2. The second-order valence-corrected chi connectivity index (χ2v) is 4.89. The Kier molecular flexibility index (Phi) is 3.48. The van der Waals surface area contributed by atoms with E-state index in [1.807, 2.05) is 6.08 Å². The average Bonchev–Trinajstić information content (AvgIpc) is 2.63. The highest BCUT2D eigenvalue weighted by Crippen LogP contribution is 2.24. The van der Waals surface area contributed by atoms with E-state index in [9.17, 15) is 4.79 Å². The van der Waals surface area contributed by atoms with Gasteiger partial charge >= 0.3 is 5.97 Å². The molecule has 0 aromatic rings. The van der Waals surface area contributed by atoms with Crippen molar-refractivity contribution < 1.29 is 9.53 Å². The van der Waals surface area contributed by atoms with E-state index in [-0.39, 0.29) is 11.2 Å². The monoisotopic (exact) mass is 213 g/mol. The molecule has 1 unspecified atom stereocenters. The number of ether oxygens (including phenoxy) is 1. The third-order valence-corrected chi connectivity index (χ3v) is 4.01. The van der Waals surface area contributed by atoms with Gasteiger partial charge in [-0.15, -0.1) is 11.8 Å². The fourth-order valence-electron chi connectivity index (χ4n) is 1.74. The lowest BCUT2D eigenvalue weighted by Gasteiger charge is -2.22. The number of rotatable bonds is 3. The van der Waals surface area contributed by atoms with Crippen molar-refractivity contribution in [2.75, 3.05) is 18.8 Å². The predicted octanol–water partition coefficient (Wildman–Crippen LogP) is 1.16. The van der Waals surface area contributed by atoms with E-state index < -0.39 is 0 Å². The van der Waals surface area contributed by atoms with E-state index in [4.69, 9.17) is 4.74 Å². The molecular formula is C10H15NO2S. The molecule has 0 amide bonds. The molecule has 2 rings (SSSR count). The Morgan fingerprint density at radius 1 is 1.50 bits per heavy atom. The molecule has 0 saturated carbocycles. The molecule has 0 aromatic heterocycles. The van der Waals surface area contributed by atoms with Crippen molar-refractivity contribution in [1.82, 2.24) is 5.32 Å². The van der Waals surface area contributed by atoms with Crippen LogP contribution in [0, 0.1) is 5.92 Å². The second-order valence-electron chi connectivity index (χ2n) is 3.71. The molecule has 78 valence electrons. The minimum absolute atomic E-state index is 0.0510. The summed E-state index contributed by atoms with van der Waals surface area (Å²) < 4.78 is 4.75. The van der Waals surface area contributed by atoms with Crippen LogP contribution >= 0.6 is 11.8 Å². The summed E-state index contributed by atoms with van der Waals surface area (Å²) in [4.78, 5) is 11.1. The average molecular weight is 213 g/mol. The van der Waals surface area contributed by atoms with Crippen molar-refractivity contribution in [3.8, 4) is 0 Å². The lowest BCUT2D eigenvalue weighted by atomic mass is 10.0. The lowest BCUT2D eigenvalue weighted by Crippen LogP contribution is -2.29. The van der Waals surface area contributed by atoms with Crippen LogP contribution in [0.2, 0.25) is 0 Å². The maximum absolute atomic E-state index is 11.1. The normalized spacial score (nSPS) is 28.0. The summed E-state index contributed by atoms with van der Waals surface area (Å²) >= 11 is 1.71. The van der Waals surface area contributed by atoms with E-state index in [1.165, 1.54) is 19.1 Å². The van der Waals surface area contributed by atoms with Crippen molar-refractivity contribution in [2.24, 2.45) is 5.92 Å². The molecule has 2 heterocycles. The predicted molar refractivity (Wildman–Crippen MR) is 57.1 cm³/mol. The van der Waals surface area contributed by atoms with Crippen LogP contribution in [0.1, 0.15) is 12.8 Å². The van der Waals surface area contributed by atoms with Crippen LogP contribution in [0.4, 0.5) is 0 Å². The summed E-state index contributed by atoms with van der Waals surface area (Å²) in [7, 11) is 0. The van der Waals surface area contributed by atoms with Gasteiger partial charge in [-0.05, 0) is 43.7 Å². The highest BCUT2D eigenvalue weighted by Gasteiger charge is 2.23. The summed E-state index contributed by atoms with van der Waals surface area (Å²) in [6.07, 6.45) is 5.81. The minimum atomic E-state index is -0.107. The Hall–Kier alpha value is -0.480. The van der Waals surface area contributed by atoms with E-state index in [1.54, 1.807) is 11.8 Å². The molecule has 0 spiro atoms. The van der Waals surface area contributed by atoms with Crippen LogP contribution < -0.4 is 5.32 Å². The molecule has 1 fully saturated rings. The minimum Gasteiger partial charge on any atom is -0.434 e. The van der Waals surface area contributed by atoms with Crippen molar-refractivity contribution in [2.45, 2.75) is 18.1 Å². The van der Waals surface area contributed by atoms with E-state index in [2.05, 4.69) is 5.32 Å². The van der Waals surface area contributed by atoms with Crippen molar-refractivity contribution in [3.63, 3.8) is 0 Å². The number of carbonyl (C=O) groups excluding carboxylic acids is 1. The summed E-state index contributed by atoms with van der Waals surface area (Å²) in [5.74, 6) is 1.73. The zero-order valence-electron chi connectivity index (χ0n) is 8.07. The fraction of sp³-hybridized carbons (Fsp3) is 0.700. The summed E-state index contributed by atoms with van der Waals surface area (Å²) in [6, 6.07) is 0. The first-order chi connectivity index (χ1) is 6.86. The van der Waals surface area contributed by atoms with Gasteiger partial charge in [-0.25, -0.2) is 0 Å². The molecule has 14 heavy (non-hydrogen) atoms. The van der Waals surface area contributed by atoms with Crippen LogP contribution in [0.3, 0.4) is 0 Å². The molecular weight excluding hydrogens is 198 g/mol. The third-order valence-electron chi connectivity index (χ3n) is 2.64. The van der Waals surface area contributed by atoms with Crippen molar-refractivity contribution in [3.05, 3.63) is 12.3 Å². The maximum Gasteiger partial charge on any atom is 0.327 e. The molecule has 0 radical (unpaired) electrons. The number of hydrogen-bond donors (Lipinski definition) is 1. The van der Waals surface area contributed by atoms with Crippen LogP contribution in [0.25, 0.3) is 0 Å². The van der Waals surface area contributed by atoms with Crippen LogP contribution in [0.15, 0.2) is 12.3 Å². The van der Waals surface area contributed by atoms with Crippen LogP contribution in [-0.2, 0) is 9.53 Å². The summed E-state index contributed by atoms with van der Waals surface area (Å²) in [5.41, 5.74) is 0. The molecule has 0 aliphatic carbocycles. The zero-order valence-corrected chi connectivity index (χ0v) is 8.89. The van der Waals surface area contributed by atoms with Gasteiger partial charge in [0, 0.05) is 0 Å². The zero-order chi connectivity index (χ0) is 9.80. The summed E-state index contributed by atoms with van der Waals surface area (Å²) in [5, 5.41) is 3.29. The topological polar surface area (TPSA) is 38.3 Å². The van der Waals surface area contributed by atoms with E-state index in [0.717, 1.165) is 24.8 Å². The van der Waals surface area contributed by atoms with Crippen LogP contribution in [0.5, 0.6) is 0 Å². The van der Waals surface area contributed by atoms with Gasteiger partial charge in [0.15, 0.2) is 0 Å². The van der Waals surface area contributed by atoms with E-state index in [0.29, 0.717) is 0 Å². The number of carbonyl (C=O) groups is 1. The molecule has 1 N–H and O–H groups in total. The molecule has 0 aromatic carbocycles. The standard InChI is InChI=1S/C10H15NO2S/c12-10-9(3-6-13-10)14-7-8-1-4-11-5-2-8/h3,6,8-9,11H,1-2,4-5,7H2. The Labute approximate surface area is 88.3 Å². The second kappa shape index (κ2) is 4.84. The first-order valence-corrected chi connectivity index (χ1v) is 6.10. The molecule has 1 atom stereocenters. The first-order valence-electron chi connectivity index (χ1n) is 5.06. The lowest BCUT2D eigenvalue weighted by molar-refractivity contribution is -0.134. The maximum atomic E-state index is 11.1. The SMILES string of the molecule is O=C1OC=CC1SCC1CCNCC1. The number of hydrogen-bond acceptors (Lipinski definition) is 4. The highest BCUT2D eigenvalue weighted by molar-refractivity contribution is 8.00. The van der Waals surface area contributed by atoms with Gasteiger partial charge in [0.1, 0.15) is 5.25 Å².